The number of ether oxygens (including phenoxy) is 1. The van der Waals surface area contributed by atoms with Gasteiger partial charge in [-0.3, -0.25) is 13.9 Å². The molecule has 1 unspecified atom stereocenters. The number of carbonyl (C=O) groups is 2. The van der Waals surface area contributed by atoms with Crippen LogP contribution >= 0.6 is 11.6 Å². The minimum Gasteiger partial charge on any atom is -0.497 e. The van der Waals surface area contributed by atoms with Gasteiger partial charge in [-0.2, -0.15) is 0 Å². The Morgan fingerprint density at radius 3 is 2.21 bits per heavy atom. The fourth-order valence-electron chi connectivity index (χ4n) is 4.69. The van der Waals surface area contributed by atoms with Crippen LogP contribution in [0.1, 0.15) is 16.7 Å². The number of methoxy groups -OCH3 is 1. The van der Waals surface area contributed by atoms with Crippen LogP contribution in [0.3, 0.4) is 0 Å². The van der Waals surface area contributed by atoms with Crippen LogP contribution in [0.5, 0.6) is 5.75 Å². The molecule has 0 saturated heterocycles. The summed E-state index contributed by atoms with van der Waals surface area (Å²) in [5.74, 6) is -0.356. The summed E-state index contributed by atoms with van der Waals surface area (Å²) in [5.41, 5.74) is 2.68. The zero-order chi connectivity index (χ0) is 31.0. The minimum atomic E-state index is -4.20. The lowest BCUT2D eigenvalue weighted by atomic mass is 10.0. The lowest BCUT2D eigenvalue weighted by molar-refractivity contribution is -0.139. The van der Waals surface area contributed by atoms with E-state index >= 15 is 0 Å². The largest absolute Gasteiger partial charge is 0.497 e. The molecule has 2 amide bonds. The van der Waals surface area contributed by atoms with Crippen molar-refractivity contribution in [1.29, 1.82) is 0 Å². The SMILES string of the molecule is CNC(=O)C(Cc1ccccc1)N(Cc1cccc(OC)c1)C(=O)CN(c1cccc(Cl)c1)S(=O)(=O)c1ccc(C)cc1. The molecule has 0 heterocycles. The van der Waals surface area contributed by atoms with Gasteiger partial charge in [0.2, 0.25) is 11.8 Å². The zero-order valence-electron chi connectivity index (χ0n) is 24.2. The fraction of sp³-hybridized carbons (Fsp3) is 0.212. The van der Waals surface area contributed by atoms with Crippen molar-refractivity contribution in [3.8, 4) is 5.75 Å². The molecule has 0 aromatic heterocycles. The second-order valence-corrected chi connectivity index (χ2v) is 12.3. The van der Waals surface area contributed by atoms with Crippen LogP contribution in [0.25, 0.3) is 0 Å². The van der Waals surface area contributed by atoms with Crippen molar-refractivity contribution in [3.05, 3.63) is 125 Å². The first kappa shape index (κ1) is 31.6. The third-order valence-electron chi connectivity index (χ3n) is 6.99. The summed E-state index contributed by atoms with van der Waals surface area (Å²) in [4.78, 5) is 29.1. The topological polar surface area (TPSA) is 96.0 Å². The molecule has 0 aliphatic rings. The molecule has 8 nitrogen and oxygen atoms in total. The highest BCUT2D eigenvalue weighted by Crippen LogP contribution is 2.27. The van der Waals surface area contributed by atoms with Crippen LogP contribution < -0.4 is 14.4 Å². The number of aryl methyl sites for hydroxylation is 1. The lowest BCUT2D eigenvalue weighted by Gasteiger charge is -2.33. The Balaban J connectivity index is 1.79. The number of hydrogen-bond acceptors (Lipinski definition) is 5. The van der Waals surface area contributed by atoms with Crippen molar-refractivity contribution in [2.75, 3.05) is 25.0 Å². The van der Waals surface area contributed by atoms with Gasteiger partial charge in [0.25, 0.3) is 10.0 Å². The number of nitrogens with one attached hydrogen (secondary N) is 1. The summed E-state index contributed by atoms with van der Waals surface area (Å²) in [6.45, 7) is 1.33. The first-order chi connectivity index (χ1) is 20.6. The smallest absolute Gasteiger partial charge is 0.264 e. The standard InChI is InChI=1S/C33H34ClN3O5S/c1-24-15-17-30(18-16-24)43(40,41)37(28-13-8-12-27(34)21-28)23-32(38)36(22-26-11-7-14-29(19-26)42-3)31(33(39)35-2)20-25-9-5-4-6-10-25/h4-19,21,31H,20,22-23H2,1-3H3,(H,35,39). The van der Waals surface area contributed by atoms with E-state index in [2.05, 4.69) is 5.32 Å². The van der Waals surface area contributed by atoms with Crippen LogP contribution in [-0.4, -0.2) is 51.9 Å². The molecule has 10 heteroatoms. The summed E-state index contributed by atoms with van der Waals surface area (Å²) in [6, 6.07) is 28.3. The number of rotatable bonds is 12. The lowest BCUT2D eigenvalue weighted by Crippen LogP contribution is -2.53. The third-order valence-corrected chi connectivity index (χ3v) is 9.01. The predicted molar refractivity (Wildman–Crippen MR) is 169 cm³/mol. The maximum atomic E-state index is 14.3. The summed E-state index contributed by atoms with van der Waals surface area (Å²) in [5, 5.41) is 2.99. The van der Waals surface area contributed by atoms with Crippen LogP contribution in [-0.2, 0) is 32.6 Å². The van der Waals surface area contributed by atoms with Gasteiger partial charge in [0, 0.05) is 25.0 Å². The molecule has 224 valence electrons. The van der Waals surface area contributed by atoms with E-state index in [0.717, 1.165) is 15.4 Å². The van der Waals surface area contributed by atoms with Crippen LogP contribution in [0.15, 0.2) is 108 Å². The molecular weight excluding hydrogens is 586 g/mol. The van der Waals surface area contributed by atoms with Gasteiger partial charge >= 0.3 is 0 Å². The average Bonchev–Trinajstić information content (AvgIpc) is 3.01. The highest BCUT2D eigenvalue weighted by molar-refractivity contribution is 7.92. The number of nitrogens with zero attached hydrogens (tertiary/aromatic N) is 2. The van der Waals surface area contributed by atoms with Gasteiger partial charge < -0.3 is 15.0 Å². The second kappa shape index (κ2) is 14.2. The summed E-state index contributed by atoms with van der Waals surface area (Å²) >= 11 is 6.26. The van der Waals surface area contributed by atoms with Gasteiger partial charge in [-0.15, -0.1) is 0 Å². The number of benzene rings is 4. The van der Waals surface area contributed by atoms with Gasteiger partial charge in [0.05, 0.1) is 17.7 Å². The van der Waals surface area contributed by atoms with E-state index < -0.39 is 28.5 Å². The highest BCUT2D eigenvalue weighted by atomic mass is 35.5. The monoisotopic (exact) mass is 619 g/mol. The quantitative estimate of drug-likeness (QED) is 0.234. The van der Waals surface area contributed by atoms with Crippen LogP contribution in [0.2, 0.25) is 5.02 Å². The summed E-state index contributed by atoms with van der Waals surface area (Å²) in [6.07, 6.45) is 0.220. The van der Waals surface area contributed by atoms with Crippen molar-refractivity contribution in [1.82, 2.24) is 10.2 Å². The molecule has 43 heavy (non-hydrogen) atoms. The van der Waals surface area contributed by atoms with E-state index in [9.17, 15) is 18.0 Å². The Morgan fingerprint density at radius 1 is 0.884 bits per heavy atom. The molecule has 1 atom stereocenters. The third kappa shape index (κ3) is 7.94. The van der Waals surface area contributed by atoms with Gasteiger partial charge in [0.15, 0.2) is 0 Å². The number of anilines is 1. The normalized spacial score (nSPS) is 11.8. The minimum absolute atomic E-state index is 0.0253. The molecule has 4 aromatic carbocycles. The number of likely N-dealkylation sites (N-methyl/N-ethyl adjacent to an activating group) is 1. The molecule has 0 fully saturated rings. The molecule has 0 bridgehead atoms. The predicted octanol–water partition coefficient (Wildman–Crippen LogP) is 5.24. The maximum Gasteiger partial charge on any atom is 0.264 e. The Bertz CT molecular complexity index is 1660. The van der Waals surface area contributed by atoms with E-state index in [1.807, 2.05) is 43.3 Å². The van der Waals surface area contributed by atoms with Crippen molar-refractivity contribution < 1.29 is 22.7 Å². The zero-order valence-corrected chi connectivity index (χ0v) is 25.8. The maximum absolute atomic E-state index is 14.3. The number of carbonyl (C=O) groups excluding carboxylic acids is 2. The van der Waals surface area contributed by atoms with Crippen molar-refractivity contribution >= 4 is 39.1 Å². The van der Waals surface area contributed by atoms with E-state index in [-0.39, 0.29) is 29.5 Å². The van der Waals surface area contributed by atoms with Gasteiger partial charge in [-0.25, -0.2) is 8.42 Å². The molecule has 1 N–H and O–H groups in total. The molecule has 0 radical (unpaired) electrons. The average molecular weight is 620 g/mol. The second-order valence-electron chi connectivity index (χ2n) is 10.00. The Morgan fingerprint density at radius 2 is 1.56 bits per heavy atom. The first-order valence-electron chi connectivity index (χ1n) is 13.6. The van der Waals surface area contributed by atoms with Crippen LogP contribution in [0.4, 0.5) is 5.69 Å². The Labute approximate surface area is 257 Å². The van der Waals surface area contributed by atoms with Gasteiger partial charge in [-0.1, -0.05) is 77.8 Å². The van der Waals surface area contributed by atoms with E-state index in [0.29, 0.717) is 16.3 Å². The fourth-order valence-corrected chi connectivity index (χ4v) is 6.28. The van der Waals surface area contributed by atoms with Gasteiger partial charge in [0.1, 0.15) is 18.3 Å². The number of amides is 2. The molecular formula is C33H34ClN3O5S. The summed E-state index contributed by atoms with van der Waals surface area (Å²) < 4.78 is 34.5. The van der Waals surface area contributed by atoms with Crippen LogP contribution in [0, 0.1) is 6.92 Å². The Kier molecular flexibility index (Phi) is 10.4. The van der Waals surface area contributed by atoms with E-state index in [4.69, 9.17) is 16.3 Å². The Hall–Kier alpha value is -4.34. The number of sulfonamides is 1. The summed E-state index contributed by atoms with van der Waals surface area (Å²) in [7, 11) is -1.15. The van der Waals surface area contributed by atoms with E-state index in [1.54, 1.807) is 55.6 Å². The van der Waals surface area contributed by atoms with Crippen molar-refractivity contribution in [2.45, 2.75) is 30.8 Å². The molecule has 0 saturated carbocycles. The number of halogens is 1. The first-order valence-corrected chi connectivity index (χ1v) is 15.5. The molecule has 0 spiro atoms. The molecule has 4 rings (SSSR count). The van der Waals surface area contributed by atoms with Crippen molar-refractivity contribution in [3.63, 3.8) is 0 Å². The molecule has 0 aliphatic heterocycles. The van der Waals surface area contributed by atoms with Crippen molar-refractivity contribution in [2.24, 2.45) is 0 Å². The highest BCUT2D eigenvalue weighted by Gasteiger charge is 2.34. The number of hydrogen-bond donors (Lipinski definition) is 1. The molecule has 4 aromatic rings. The van der Waals surface area contributed by atoms with E-state index in [1.165, 1.54) is 30.1 Å². The molecule has 0 aliphatic carbocycles. The van der Waals surface area contributed by atoms with Gasteiger partial charge in [-0.05, 0) is 60.5 Å².